The zero-order valence-electron chi connectivity index (χ0n) is 12.2. The molecule has 2 heterocycles. The Hall–Kier alpha value is -2.84. The van der Waals surface area contributed by atoms with Gasteiger partial charge >= 0.3 is 6.18 Å². The predicted octanol–water partition coefficient (Wildman–Crippen LogP) is 3.17. The Morgan fingerprint density at radius 1 is 1.26 bits per heavy atom. The summed E-state index contributed by atoms with van der Waals surface area (Å²) in [6.07, 6.45) is -4.64. The van der Waals surface area contributed by atoms with E-state index in [2.05, 4.69) is 20.4 Å². The van der Waals surface area contributed by atoms with Gasteiger partial charge in [0.1, 0.15) is 0 Å². The standard InChI is InChI=1S/C14H12F3N5O/c1-6-7(2)18-10-4-3-8(5-9(6)10)11(23)19-13-20-12(21-22-13)14(15,16)17/h3-5,18H,1-2H3,(H2,19,20,21,22,23). The van der Waals surface area contributed by atoms with Crippen molar-refractivity contribution in [3.63, 3.8) is 0 Å². The molecule has 0 aliphatic heterocycles. The molecular formula is C14H12F3N5O. The number of H-pyrrole nitrogens is 2. The number of fused-ring (bicyclic) bond motifs is 1. The van der Waals surface area contributed by atoms with E-state index in [1.807, 2.05) is 13.8 Å². The lowest BCUT2D eigenvalue weighted by atomic mass is 10.1. The van der Waals surface area contributed by atoms with Crippen LogP contribution < -0.4 is 5.32 Å². The van der Waals surface area contributed by atoms with Crippen LogP contribution in [0.4, 0.5) is 19.1 Å². The molecule has 2 aromatic heterocycles. The first-order valence-electron chi connectivity index (χ1n) is 6.65. The molecule has 1 amide bonds. The minimum atomic E-state index is -4.64. The molecule has 23 heavy (non-hydrogen) atoms. The Morgan fingerprint density at radius 3 is 2.65 bits per heavy atom. The van der Waals surface area contributed by atoms with Gasteiger partial charge in [-0.1, -0.05) is 0 Å². The number of carbonyl (C=O) groups excluding carboxylic acids is 1. The van der Waals surface area contributed by atoms with Crippen molar-refractivity contribution in [2.75, 3.05) is 5.32 Å². The van der Waals surface area contributed by atoms with Crippen LogP contribution in [0.15, 0.2) is 18.2 Å². The second-order valence-corrected chi connectivity index (χ2v) is 5.09. The molecule has 0 radical (unpaired) electrons. The molecule has 3 N–H and O–H groups in total. The zero-order valence-corrected chi connectivity index (χ0v) is 12.2. The number of anilines is 1. The third-order valence-electron chi connectivity index (χ3n) is 3.55. The van der Waals surface area contributed by atoms with Gasteiger partial charge in [0.15, 0.2) is 0 Å². The first-order chi connectivity index (χ1) is 10.8. The van der Waals surface area contributed by atoms with Crippen LogP contribution in [0.1, 0.15) is 27.4 Å². The van der Waals surface area contributed by atoms with Gasteiger partial charge in [0, 0.05) is 22.2 Å². The molecule has 0 saturated carbocycles. The molecule has 3 aromatic rings. The van der Waals surface area contributed by atoms with Crippen molar-refractivity contribution in [3.8, 4) is 0 Å². The van der Waals surface area contributed by atoms with Crippen molar-refractivity contribution < 1.29 is 18.0 Å². The van der Waals surface area contributed by atoms with Crippen LogP contribution in [0.2, 0.25) is 0 Å². The molecule has 0 fully saturated rings. The number of rotatable bonds is 2. The first kappa shape index (κ1) is 15.1. The van der Waals surface area contributed by atoms with E-state index < -0.39 is 23.9 Å². The van der Waals surface area contributed by atoms with Gasteiger partial charge in [-0.15, -0.1) is 5.10 Å². The van der Waals surface area contributed by atoms with E-state index in [0.29, 0.717) is 5.56 Å². The first-order valence-corrected chi connectivity index (χ1v) is 6.65. The average molecular weight is 323 g/mol. The van der Waals surface area contributed by atoms with E-state index in [1.165, 1.54) is 0 Å². The van der Waals surface area contributed by atoms with Gasteiger partial charge in [0.25, 0.3) is 5.91 Å². The number of nitrogens with zero attached hydrogens (tertiary/aromatic N) is 2. The topological polar surface area (TPSA) is 86.5 Å². The molecule has 9 heteroatoms. The number of amides is 1. The number of aryl methyl sites for hydroxylation is 2. The lowest BCUT2D eigenvalue weighted by Gasteiger charge is -2.02. The highest BCUT2D eigenvalue weighted by Gasteiger charge is 2.35. The Morgan fingerprint density at radius 2 is 2.00 bits per heavy atom. The van der Waals surface area contributed by atoms with Crippen LogP contribution in [0.3, 0.4) is 0 Å². The lowest BCUT2D eigenvalue weighted by Crippen LogP contribution is -2.13. The van der Waals surface area contributed by atoms with Crippen LogP contribution in [0, 0.1) is 13.8 Å². The average Bonchev–Trinajstić information content (AvgIpc) is 3.04. The van der Waals surface area contributed by atoms with Gasteiger partial charge in [-0.2, -0.15) is 18.2 Å². The van der Waals surface area contributed by atoms with Crippen LogP contribution in [0.25, 0.3) is 10.9 Å². The van der Waals surface area contributed by atoms with E-state index in [-0.39, 0.29) is 0 Å². The number of aromatic nitrogens is 4. The molecule has 0 aliphatic rings. The van der Waals surface area contributed by atoms with E-state index in [9.17, 15) is 18.0 Å². The highest BCUT2D eigenvalue weighted by Crippen LogP contribution is 2.26. The Labute approximate surface area is 128 Å². The van der Waals surface area contributed by atoms with E-state index >= 15 is 0 Å². The van der Waals surface area contributed by atoms with Crippen molar-refractivity contribution in [1.29, 1.82) is 0 Å². The van der Waals surface area contributed by atoms with Crippen molar-refractivity contribution in [2.24, 2.45) is 0 Å². The van der Waals surface area contributed by atoms with Gasteiger partial charge in [0.2, 0.25) is 11.8 Å². The van der Waals surface area contributed by atoms with Gasteiger partial charge in [0.05, 0.1) is 0 Å². The van der Waals surface area contributed by atoms with Gasteiger partial charge < -0.3 is 4.98 Å². The fraction of sp³-hybridized carbons (Fsp3) is 0.214. The minimum Gasteiger partial charge on any atom is -0.358 e. The minimum absolute atomic E-state index is 0.304. The summed E-state index contributed by atoms with van der Waals surface area (Å²) in [7, 11) is 0. The Bertz CT molecular complexity index is 894. The second kappa shape index (κ2) is 5.11. The van der Waals surface area contributed by atoms with Crippen molar-refractivity contribution in [1.82, 2.24) is 20.2 Å². The van der Waals surface area contributed by atoms with Crippen LogP contribution in [0.5, 0.6) is 0 Å². The fourth-order valence-electron chi connectivity index (χ4n) is 2.22. The quantitative estimate of drug-likeness (QED) is 0.677. The number of halogens is 3. The monoisotopic (exact) mass is 323 g/mol. The van der Waals surface area contributed by atoms with E-state index in [4.69, 9.17) is 0 Å². The smallest absolute Gasteiger partial charge is 0.358 e. The molecule has 0 aliphatic carbocycles. The van der Waals surface area contributed by atoms with E-state index in [0.717, 1.165) is 22.2 Å². The molecule has 0 bridgehead atoms. The number of benzene rings is 1. The molecule has 6 nitrogen and oxygen atoms in total. The summed E-state index contributed by atoms with van der Waals surface area (Å²) in [5, 5.41) is 8.19. The number of alkyl halides is 3. The largest absolute Gasteiger partial charge is 0.451 e. The SMILES string of the molecule is Cc1[nH]c2ccc(C(=O)Nc3n[nH]c(C(F)(F)F)n3)cc2c1C. The summed E-state index contributed by atoms with van der Waals surface area (Å²) in [6, 6.07) is 4.98. The van der Waals surface area contributed by atoms with Crippen molar-refractivity contribution in [3.05, 3.63) is 40.8 Å². The number of nitrogens with one attached hydrogen (secondary N) is 3. The summed E-state index contributed by atoms with van der Waals surface area (Å²) in [4.78, 5) is 18.5. The maximum absolute atomic E-state index is 12.4. The number of aromatic amines is 2. The summed E-state index contributed by atoms with van der Waals surface area (Å²) in [5.74, 6) is -2.28. The lowest BCUT2D eigenvalue weighted by molar-refractivity contribution is -0.144. The predicted molar refractivity (Wildman–Crippen MR) is 77.1 cm³/mol. The van der Waals surface area contributed by atoms with Crippen LogP contribution in [-0.2, 0) is 6.18 Å². The fourth-order valence-corrected chi connectivity index (χ4v) is 2.22. The summed E-state index contributed by atoms with van der Waals surface area (Å²) >= 11 is 0. The molecular weight excluding hydrogens is 311 g/mol. The molecule has 0 atom stereocenters. The molecule has 0 unspecified atom stereocenters. The Balaban J connectivity index is 1.86. The van der Waals surface area contributed by atoms with Gasteiger partial charge in [-0.25, -0.2) is 0 Å². The van der Waals surface area contributed by atoms with Crippen LogP contribution >= 0.6 is 0 Å². The molecule has 3 rings (SSSR count). The normalized spacial score (nSPS) is 11.9. The maximum atomic E-state index is 12.4. The third kappa shape index (κ3) is 2.77. The highest BCUT2D eigenvalue weighted by molar-refractivity contribution is 6.05. The summed E-state index contributed by atoms with van der Waals surface area (Å²) in [5.41, 5.74) is 3.18. The van der Waals surface area contributed by atoms with Crippen molar-refractivity contribution in [2.45, 2.75) is 20.0 Å². The number of hydrogen-bond donors (Lipinski definition) is 3. The molecule has 0 saturated heterocycles. The summed E-state index contributed by atoms with van der Waals surface area (Å²) in [6.45, 7) is 3.84. The zero-order chi connectivity index (χ0) is 16.8. The second-order valence-electron chi connectivity index (χ2n) is 5.09. The Kier molecular flexibility index (Phi) is 3.35. The summed E-state index contributed by atoms with van der Waals surface area (Å²) < 4.78 is 37.3. The molecule has 1 aromatic carbocycles. The number of hydrogen-bond acceptors (Lipinski definition) is 3. The van der Waals surface area contributed by atoms with Gasteiger partial charge in [-0.3, -0.25) is 15.2 Å². The molecule has 0 spiro atoms. The maximum Gasteiger partial charge on any atom is 0.451 e. The third-order valence-corrected chi connectivity index (χ3v) is 3.55. The van der Waals surface area contributed by atoms with Gasteiger partial charge in [-0.05, 0) is 37.6 Å². The van der Waals surface area contributed by atoms with Crippen molar-refractivity contribution >= 4 is 22.8 Å². The highest BCUT2D eigenvalue weighted by atomic mass is 19.4. The van der Waals surface area contributed by atoms with E-state index in [1.54, 1.807) is 23.3 Å². The molecule has 120 valence electrons. The van der Waals surface area contributed by atoms with Crippen LogP contribution in [-0.4, -0.2) is 26.1 Å². The number of carbonyl (C=O) groups is 1.